The summed E-state index contributed by atoms with van der Waals surface area (Å²) in [5, 5.41) is 1.71. The number of nitrogens with zero attached hydrogens (tertiary/aromatic N) is 1. The number of aryl methyl sites for hydroxylation is 1. The molecule has 0 spiro atoms. The second-order valence-corrected chi connectivity index (χ2v) is 5.54. The highest BCUT2D eigenvalue weighted by atomic mass is 16.1. The number of fused-ring (bicyclic) bond motifs is 1. The Morgan fingerprint density at radius 2 is 1.67 bits per heavy atom. The zero-order chi connectivity index (χ0) is 15.0. The monoisotopic (exact) mass is 278 g/mol. The summed E-state index contributed by atoms with van der Waals surface area (Å²) < 4.78 is 0. The van der Waals surface area contributed by atoms with Crippen molar-refractivity contribution in [1.29, 1.82) is 0 Å². The smallest absolute Gasteiger partial charge is 0.256 e. The third-order valence-electron chi connectivity index (χ3n) is 3.69. The number of benzene rings is 2. The van der Waals surface area contributed by atoms with Crippen LogP contribution in [0.1, 0.15) is 5.56 Å². The molecule has 3 aromatic rings. The van der Waals surface area contributed by atoms with E-state index in [2.05, 4.69) is 9.88 Å². The molecule has 0 aliphatic heterocycles. The van der Waals surface area contributed by atoms with Crippen molar-refractivity contribution in [3.05, 3.63) is 64.4 Å². The Kier molecular flexibility index (Phi) is 3.26. The number of rotatable bonds is 2. The van der Waals surface area contributed by atoms with Gasteiger partial charge < -0.3 is 9.88 Å². The average Bonchev–Trinajstić information content (AvgIpc) is 2.46. The topological polar surface area (TPSA) is 36.1 Å². The number of nitrogens with one attached hydrogen (secondary N) is 1. The summed E-state index contributed by atoms with van der Waals surface area (Å²) in [6.07, 6.45) is 0. The van der Waals surface area contributed by atoms with Crippen molar-refractivity contribution in [2.24, 2.45) is 0 Å². The van der Waals surface area contributed by atoms with Crippen molar-refractivity contribution in [2.75, 3.05) is 19.0 Å². The third-order valence-corrected chi connectivity index (χ3v) is 3.69. The van der Waals surface area contributed by atoms with Crippen molar-refractivity contribution >= 4 is 16.5 Å². The fraction of sp³-hybridized carbons (Fsp3) is 0.167. The minimum absolute atomic E-state index is 0.0424. The number of pyridine rings is 1. The first kappa shape index (κ1) is 13.4. The van der Waals surface area contributed by atoms with E-state index in [1.807, 2.05) is 69.6 Å². The molecule has 0 saturated heterocycles. The lowest BCUT2D eigenvalue weighted by Crippen LogP contribution is -2.09. The quantitative estimate of drug-likeness (QED) is 0.778. The summed E-state index contributed by atoms with van der Waals surface area (Å²) in [4.78, 5) is 17.2. The molecule has 1 heterocycles. The second kappa shape index (κ2) is 5.09. The van der Waals surface area contributed by atoms with E-state index in [1.165, 1.54) is 0 Å². The van der Waals surface area contributed by atoms with Gasteiger partial charge >= 0.3 is 0 Å². The molecule has 0 aliphatic rings. The van der Waals surface area contributed by atoms with Crippen molar-refractivity contribution in [3.63, 3.8) is 0 Å². The number of H-pyrrole nitrogens is 1. The van der Waals surface area contributed by atoms with Crippen LogP contribution in [0, 0.1) is 6.92 Å². The van der Waals surface area contributed by atoms with Crippen molar-refractivity contribution < 1.29 is 0 Å². The van der Waals surface area contributed by atoms with Crippen LogP contribution in [0.5, 0.6) is 0 Å². The lowest BCUT2D eigenvalue weighted by atomic mass is 10.1. The van der Waals surface area contributed by atoms with E-state index in [4.69, 9.17) is 0 Å². The van der Waals surface area contributed by atoms with Gasteiger partial charge in [0.2, 0.25) is 0 Å². The molecule has 1 aromatic heterocycles. The van der Waals surface area contributed by atoms with Gasteiger partial charge in [-0.25, -0.2) is 0 Å². The van der Waals surface area contributed by atoms with Gasteiger partial charge in [-0.1, -0.05) is 29.8 Å². The summed E-state index contributed by atoms with van der Waals surface area (Å²) in [5.41, 5.74) is 4.11. The van der Waals surface area contributed by atoms with Gasteiger partial charge in [-0.2, -0.15) is 0 Å². The van der Waals surface area contributed by atoms with Gasteiger partial charge in [0.05, 0.1) is 0 Å². The summed E-state index contributed by atoms with van der Waals surface area (Å²) in [6.45, 7) is 2.03. The first-order chi connectivity index (χ1) is 10.0. The second-order valence-electron chi connectivity index (χ2n) is 5.54. The van der Waals surface area contributed by atoms with Gasteiger partial charge in [-0.3, -0.25) is 4.79 Å². The number of hydrogen-bond acceptors (Lipinski definition) is 2. The lowest BCUT2D eigenvalue weighted by molar-refractivity contribution is 1.13. The fourth-order valence-corrected chi connectivity index (χ4v) is 2.48. The highest BCUT2D eigenvalue weighted by molar-refractivity contribution is 5.85. The number of aromatic nitrogens is 1. The van der Waals surface area contributed by atoms with E-state index >= 15 is 0 Å². The van der Waals surface area contributed by atoms with Crippen LogP contribution in [-0.4, -0.2) is 19.1 Å². The van der Waals surface area contributed by atoms with E-state index in [-0.39, 0.29) is 5.56 Å². The molecule has 3 rings (SSSR count). The number of aromatic amines is 1. The molecule has 3 nitrogen and oxygen atoms in total. The summed E-state index contributed by atoms with van der Waals surface area (Å²) in [6, 6.07) is 16.1. The molecule has 0 unspecified atom stereocenters. The van der Waals surface area contributed by atoms with E-state index in [0.29, 0.717) is 0 Å². The molecule has 3 heteroatoms. The minimum atomic E-state index is -0.0424. The summed E-state index contributed by atoms with van der Waals surface area (Å²) >= 11 is 0. The number of anilines is 1. The molecule has 0 fully saturated rings. The van der Waals surface area contributed by atoms with Crippen LogP contribution in [-0.2, 0) is 0 Å². The highest BCUT2D eigenvalue weighted by Crippen LogP contribution is 2.23. The first-order valence-corrected chi connectivity index (χ1v) is 6.96. The van der Waals surface area contributed by atoms with Gasteiger partial charge in [0.25, 0.3) is 5.56 Å². The molecular weight excluding hydrogens is 260 g/mol. The van der Waals surface area contributed by atoms with Crippen molar-refractivity contribution in [3.8, 4) is 11.3 Å². The van der Waals surface area contributed by atoms with Crippen LogP contribution in [0.2, 0.25) is 0 Å². The Balaban J connectivity index is 2.14. The van der Waals surface area contributed by atoms with Crippen LogP contribution >= 0.6 is 0 Å². The zero-order valence-corrected chi connectivity index (χ0v) is 12.5. The third kappa shape index (κ3) is 2.55. The molecule has 0 saturated carbocycles. The molecule has 1 N–H and O–H groups in total. The van der Waals surface area contributed by atoms with E-state index in [9.17, 15) is 4.79 Å². The maximum atomic E-state index is 12.2. The molecule has 2 aromatic carbocycles. The van der Waals surface area contributed by atoms with Crippen LogP contribution in [0.25, 0.3) is 22.0 Å². The SMILES string of the molecule is Cc1ccc2c(=O)[nH]c(-c3ccc(N(C)C)cc3)cc2c1. The Bertz CT molecular complexity index is 845. The standard InChI is InChI=1S/C18H18N2O/c1-12-4-9-16-14(10-12)11-17(19-18(16)21)13-5-7-15(8-6-13)20(2)3/h4-11H,1-3H3,(H,19,21). The zero-order valence-electron chi connectivity index (χ0n) is 12.5. The Morgan fingerprint density at radius 1 is 0.952 bits per heavy atom. The van der Waals surface area contributed by atoms with Gasteiger partial charge in [0, 0.05) is 30.9 Å². The summed E-state index contributed by atoms with van der Waals surface area (Å²) in [5.74, 6) is 0. The lowest BCUT2D eigenvalue weighted by Gasteiger charge is -2.13. The van der Waals surface area contributed by atoms with Gasteiger partial charge in [0.15, 0.2) is 0 Å². The Hall–Kier alpha value is -2.55. The molecular formula is C18H18N2O. The van der Waals surface area contributed by atoms with Gasteiger partial charge in [-0.05, 0) is 42.1 Å². The predicted octanol–water partition coefficient (Wildman–Crippen LogP) is 3.57. The first-order valence-electron chi connectivity index (χ1n) is 6.96. The average molecular weight is 278 g/mol. The van der Waals surface area contributed by atoms with E-state index < -0.39 is 0 Å². The molecule has 21 heavy (non-hydrogen) atoms. The van der Waals surface area contributed by atoms with Crippen molar-refractivity contribution in [1.82, 2.24) is 4.98 Å². The van der Waals surface area contributed by atoms with Gasteiger partial charge in [-0.15, -0.1) is 0 Å². The van der Waals surface area contributed by atoms with Crippen LogP contribution < -0.4 is 10.5 Å². The van der Waals surface area contributed by atoms with Crippen LogP contribution in [0.15, 0.2) is 53.3 Å². The normalized spacial score (nSPS) is 10.8. The van der Waals surface area contributed by atoms with E-state index in [1.54, 1.807) is 0 Å². The molecule has 0 radical (unpaired) electrons. The molecule has 0 atom stereocenters. The van der Waals surface area contributed by atoms with E-state index in [0.717, 1.165) is 33.3 Å². The maximum absolute atomic E-state index is 12.2. The summed E-state index contributed by atoms with van der Waals surface area (Å²) in [7, 11) is 4.02. The Morgan fingerprint density at radius 3 is 2.33 bits per heavy atom. The fourth-order valence-electron chi connectivity index (χ4n) is 2.48. The van der Waals surface area contributed by atoms with Crippen LogP contribution in [0.4, 0.5) is 5.69 Å². The molecule has 0 bridgehead atoms. The molecule has 106 valence electrons. The molecule has 0 amide bonds. The van der Waals surface area contributed by atoms with Crippen molar-refractivity contribution in [2.45, 2.75) is 6.92 Å². The largest absolute Gasteiger partial charge is 0.378 e. The van der Waals surface area contributed by atoms with Crippen LogP contribution in [0.3, 0.4) is 0 Å². The molecule has 0 aliphatic carbocycles. The highest BCUT2D eigenvalue weighted by Gasteiger charge is 2.05. The van der Waals surface area contributed by atoms with Gasteiger partial charge in [0.1, 0.15) is 0 Å². The maximum Gasteiger partial charge on any atom is 0.256 e. The minimum Gasteiger partial charge on any atom is -0.378 e. The predicted molar refractivity (Wildman–Crippen MR) is 89.1 cm³/mol. The number of hydrogen-bond donors (Lipinski definition) is 1. The Labute approximate surface area is 123 Å².